The molecular formula is C31H45N3O3. The Hall–Kier alpha value is -1.95. The number of hydrogen-bond acceptors (Lipinski definition) is 5. The number of carbonyl (C=O) groups excluding carboxylic acids is 1. The molecule has 6 heteroatoms. The van der Waals surface area contributed by atoms with Crippen molar-refractivity contribution < 1.29 is 14.6 Å². The molecule has 37 heavy (non-hydrogen) atoms. The van der Waals surface area contributed by atoms with Crippen molar-refractivity contribution >= 4 is 16.8 Å². The van der Waals surface area contributed by atoms with Gasteiger partial charge in [-0.3, -0.25) is 4.79 Å². The minimum atomic E-state index is -0.492. The van der Waals surface area contributed by atoms with E-state index in [0.717, 1.165) is 54.8 Å². The first kappa shape index (κ1) is 25.3. The summed E-state index contributed by atoms with van der Waals surface area (Å²) in [5, 5.41) is 19.5. The molecule has 4 fully saturated rings. The van der Waals surface area contributed by atoms with Gasteiger partial charge in [0.25, 0.3) is 0 Å². The van der Waals surface area contributed by atoms with Gasteiger partial charge in [0.1, 0.15) is 17.8 Å². The number of aromatic nitrogens is 3. The number of benzene rings is 1. The number of aliphatic hydroxyl groups is 1. The number of rotatable bonds is 5. The largest absolute Gasteiger partial charge is 0.497 e. The number of fused-ring (bicyclic) bond motifs is 6. The van der Waals surface area contributed by atoms with E-state index in [9.17, 15) is 9.90 Å². The van der Waals surface area contributed by atoms with Gasteiger partial charge in [-0.25, -0.2) is 4.68 Å². The highest BCUT2D eigenvalue weighted by Gasteiger charge is 2.63. The molecule has 4 aliphatic rings. The maximum atomic E-state index is 14.1. The number of methoxy groups -OCH3 is 1. The Morgan fingerprint density at radius 3 is 2.68 bits per heavy atom. The third-order valence-corrected chi connectivity index (χ3v) is 12.0. The molecular weight excluding hydrogens is 462 g/mol. The number of ketones is 1. The second-order valence-electron chi connectivity index (χ2n) is 13.9. The molecule has 2 aromatic rings. The Kier molecular flexibility index (Phi) is 6.02. The van der Waals surface area contributed by atoms with Gasteiger partial charge in [0, 0.05) is 12.0 Å². The molecule has 0 spiro atoms. The van der Waals surface area contributed by atoms with Crippen molar-refractivity contribution in [3.8, 4) is 5.75 Å². The first-order valence-corrected chi connectivity index (χ1v) is 14.7. The van der Waals surface area contributed by atoms with Crippen LogP contribution in [0.3, 0.4) is 0 Å². The highest BCUT2D eigenvalue weighted by molar-refractivity contribution is 5.84. The third-order valence-electron chi connectivity index (χ3n) is 12.0. The van der Waals surface area contributed by atoms with E-state index in [2.05, 4.69) is 31.1 Å². The zero-order chi connectivity index (χ0) is 26.2. The van der Waals surface area contributed by atoms with E-state index in [0.29, 0.717) is 34.9 Å². The average molecular weight is 508 g/mol. The van der Waals surface area contributed by atoms with Crippen molar-refractivity contribution in [1.82, 2.24) is 15.0 Å². The predicted octanol–water partition coefficient (Wildman–Crippen LogP) is 6.06. The summed E-state index contributed by atoms with van der Waals surface area (Å²) in [6.45, 7) is 9.61. The molecule has 9 atom stereocenters. The quantitative estimate of drug-likeness (QED) is 0.533. The second-order valence-corrected chi connectivity index (χ2v) is 13.9. The summed E-state index contributed by atoms with van der Waals surface area (Å²) in [5.74, 6) is 4.34. The van der Waals surface area contributed by atoms with Crippen molar-refractivity contribution in [2.45, 2.75) is 97.6 Å². The molecule has 0 bridgehead atoms. The van der Waals surface area contributed by atoms with Gasteiger partial charge in [-0.1, -0.05) is 32.4 Å². The summed E-state index contributed by atoms with van der Waals surface area (Å²) in [5.41, 5.74) is 1.58. The highest BCUT2D eigenvalue weighted by Crippen LogP contribution is 2.69. The molecule has 1 aromatic carbocycles. The first-order valence-electron chi connectivity index (χ1n) is 14.7. The molecule has 0 radical (unpaired) electrons. The third kappa shape index (κ3) is 3.87. The van der Waals surface area contributed by atoms with Crippen molar-refractivity contribution in [2.75, 3.05) is 7.11 Å². The summed E-state index contributed by atoms with van der Waals surface area (Å²) in [6.07, 6.45) is 10.2. The summed E-state index contributed by atoms with van der Waals surface area (Å²) in [6, 6.07) is 5.73. The fraction of sp³-hybridized carbons (Fsp3) is 0.774. The lowest BCUT2D eigenvalue weighted by Crippen LogP contribution is -2.55. The summed E-state index contributed by atoms with van der Waals surface area (Å²) < 4.78 is 7.20. The molecule has 0 saturated heterocycles. The number of carbonyl (C=O) groups is 1. The number of Topliss-reactive ketones (excluding diaryl/α,β-unsaturated/α-hetero) is 1. The van der Waals surface area contributed by atoms with E-state index in [1.165, 1.54) is 25.7 Å². The fourth-order valence-corrected chi connectivity index (χ4v) is 10.1. The molecule has 6 rings (SSSR count). The van der Waals surface area contributed by atoms with Crippen LogP contribution in [0.5, 0.6) is 5.75 Å². The molecule has 0 aliphatic heterocycles. The van der Waals surface area contributed by atoms with Crippen LogP contribution >= 0.6 is 0 Å². The number of hydrogen-bond donors (Lipinski definition) is 1. The van der Waals surface area contributed by atoms with Gasteiger partial charge in [0.15, 0.2) is 5.78 Å². The summed E-state index contributed by atoms with van der Waals surface area (Å²) in [7, 11) is 1.66. The molecule has 6 nitrogen and oxygen atoms in total. The predicted molar refractivity (Wildman–Crippen MR) is 144 cm³/mol. The second kappa shape index (κ2) is 8.79. The molecule has 2 unspecified atom stereocenters. The van der Waals surface area contributed by atoms with E-state index in [1.54, 1.807) is 11.8 Å². The first-order chi connectivity index (χ1) is 17.6. The van der Waals surface area contributed by atoms with Crippen molar-refractivity contribution in [2.24, 2.45) is 46.3 Å². The van der Waals surface area contributed by atoms with E-state index in [4.69, 9.17) is 4.74 Å². The standard InChI is InChI=1S/C31H45N3O3/c1-6-19-15-24-22-9-7-20-17-29(2,36)13-14-30(20,3)23(22)11-12-31(24,4)28(19)27(35)18-34-26-16-21(37-5)8-10-25(26)32-33-34/h8,10,16,19-20,22-24,28,36H,6-7,9,11-15,17-18H2,1-5H3/t19?,20-,22+,23-,24-,28?,29+,30-,31-/m0/s1. The summed E-state index contributed by atoms with van der Waals surface area (Å²) >= 11 is 0. The van der Waals surface area contributed by atoms with Crippen LogP contribution in [0.2, 0.25) is 0 Å². The van der Waals surface area contributed by atoms with Crippen LogP contribution in [0.4, 0.5) is 0 Å². The maximum absolute atomic E-state index is 14.1. The minimum absolute atomic E-state index is 0.0658. The molecule has 1 N–H and O–H groups in total. The molecule has 4 saturated carbocycles. The van der Waals surface area contributed by atoms with Gasteiger partial charge in [0.2, 0.25) is 0 Å². The lowest BCUT2D eigenvalue weighted by molar-refractivity contribution is -0.151. The van der Waals surface area contributed by atoms with Crippen LogP contribution in [-0.4, -0.2) is 38.6 Å². The molecule has 0 amide bonds. The van der Waals surface area contributed by atoms with Crippen LogP contribution in [0, 0.1) is 46.3 Å². The number of nitrogens with zero attached hydrogens (tertiary/aromatic N) is 3. The average Bonchev–Trinajstić information content (AvgIpc) is 3.41. The lowest BCUT2D eigenvalue weighted by Gasteiger charge is -2.61. The van der Waals surface area contributed by atoms with E-state index in [1.807, 2.05) is 25.1 Å². The Bertz CT molecular complexity index is 1190. The maximum Gasteiger partial charge on any atom is 0.158 e. The monoisotopic (exact) mass is 507 g/mol. The minimum Gasteiger partial charge on any atom is -0.497 e. The van der Waals surface area contributed by atoms with Crippen LogP contribution in [0.1, 0.15) is 85.5 Å². The Labute approximate surface area is 221 Å². The van der Waals surface area contributed by atoms with Gasteiger partial charge in [0.05, 0.1) is 18.2 Å². The van der Waals surface area contributed by atoms with Crippen molar-refractivity contribution in [3.63, 3.8) is 0 Å². The van der Waals surface area contributed by atoms with Gasteiger partial charge in [-0.15, -0.1) is 5.10 Å². The normalized spacial score (nSPS) is 43.2. The van der Waals surface area contributed by atoms with Crippen LogP contribution < -0.4 is 4.74 Å². The van der Waals surface area contributed by atoms with E-state index >= 15 is 0 Å². The molecule has 1 aromatic heterocycles. The van der Waals surface area contributed by atoms with E-state index < -0.39 is 5.60 Å². The molecule has 202 valence electrons. The van der Waals surface area contributed by atoms with Crippen molar-refractivity contribution in [1.29, 1.82) is 0 Å². The fourth-order valence-electron chi connectivity index (χ4n) is 10.1. The zero-order valence-electron chi connectivity index (χ0n) is 23.4. The van der Waals surface area contributed by atoms with Crippen LogP contribution in [0.15, 0.2) is 18.2 Å². The lowest BCUT2D eigenvalue weighted by atomic mass is 9.44. The SMILES string of the molecule is CCC1C[C@H]2[C@@H]3CC[C@H]4C[C@](C)(O)CC[C@]4(C)[C@H]3CC[C@]2(C)C1C(=O)Cn1nnc2ccc(OC)cc21. The smallest absolute Gasteiger partial charge is 0.158 e. The van der Waals surface area contributed by atoms with Gasteiger partial charge < -0.3 is 9.84 Å². The van der Waals surface area contributed by atoms with Crippen LogP contribution in [-0.2, 0) is 11.3 Å². The molecule has 1 heterocycles. The van der Waals surface area contributed by atoms with Crippen molar-refractivity contribution in [3.05, 3.63) is 18.2 Å². The van der Waals surface area contributed by atoms with Gasteiger partial charge in [-0.05, 0) is 111 Å². The highest BCUT2D eigenvalue weighted by atomic mass is 16.5. The van der Waals surface area contributed by atoms with Crippen LogP contribution in [0.25, 0.3) is 11.0 Å². The van der Waals surface area contributed by atoms with Gasteiger partial charge >= 0.3 is 0 Å². The topological polar surface area (TPSA) is 77.2 Å². The Morgan fingerprint density at radius 2 is 1.92 bits per heavy atom. The number of ether oxygens (including phenoxy) is 1. The zero-order valence-corrected chi connectivity index (χ0v) is 23.4. The van der Waals surface area contributed by atoms with Gasteiger partial charge in [-0.2, -0.15) is 0 Å². The van der Waals surface area contributed by atoms with E-state index in [-0.39, 0.29) is 17.9 Å². The Balaban J connectivity index is 1.27. The summed E-state index contributed by atoms with van der Waals surface area (Å²) in [4.78, 5) is 14.1. The molecule has 4 aliphatic carbocycles. The Morgan fingerprint density at radius 1 is 1.11 bits per heavy atom.